The molecule has 1 saturated heterocycles. The first kappa shape index (κ1) is 28.4. The van der Waals surface area contributed by atoms with Crippen LogP contribution in [-0.2, 0) is 27.3 Å². The van der Waals surface area contributed by atoms with E-state index in [1.807, 2.05) is 60.7 Å². The molecule has 4 aromatic rings. The Morgan fingerprint density at radius 2 is 1.65 bits per heavy atom. The fraction of sp³-hybridized carbons (Fsp3) is 0.303. The highest BCUT2D eigenvalue weighted by Gasteiger charge is 2.32. The number of Topliss-reactive ketones (excluding diaryl/α,β-unsaturated/α-hetero) is 1. The van der Waals surface area contributed by atoms with Crippen molar-refractivity contribution >= 4 is 17.6 Å². The summed E-state index contributed by atoms with van der Waals surface area (Å²) in [5.74, 6) is -1.54. The second kappa shape index (κ2) is 13.1. The molecule has 1 saturated carbocycles. The molecule has 2 amide bonds. The standard InChI is InChI=1S/C33H34N6O4/c40-30(33(42)35-26-12-13-26)29(21-23-8-10-24(11-9-23)22-38-17-19-43-20-18-38)36-32(41)27-7-4-15-34-31(27)39-16-14-28(37-39)25-5-2-1-3-6-25/h1-11,14-16,26,29H,12-13,17-22H2,(H,35,42)(H,36,41)/t29-/m0/s1. The van der Waals surface area contributed by atoms with Crippen LogP contribution in [-0.4, -0.2) is 75.6 Å². The summed E-state index contributed by atoms with van der Waals surface area (Å²) in [6.45, 7) is 4.07. The van der Waals surface area contributed by atoms with E-state index in [1.165, 1.54) is 0 Å². The lowest BCUT2D eigenvalue weighted by Crippen LogP contribution is -2.49. The topological polar surface area (TPSA) is 118 Å². The van der Waals surface area contributed by atoms with Crippen molar-refractivity contribution in [3.63, 3.8) is 0 Å². The molecule has 1 atom stereocenters. The first-order chi connectivity index (χ1) is 21.0. The lowest BCUT2D eigenvalue weighted by atomic mass is 10.00. The monoisotopic (exact) mass is 578 g/mol. The van der Waals surface area contributed by atoms with E-state index in [0.717, 1.165) is 68.1 Å². The van der Waals surface area contributed by atoms with E-state index < -0.39 is 23.6 Å². The fourth-order valence-corrected chi connectivity index (χ4v) is 5.08. The van der Waals surface area contributed by atoms with E-state index >= 15 is 0 Å². The smallest absolute Gasteiger partial charge is 0.289 e. The lowest BCUT2D eigenvalue weighted by Gasteiger charge is -2.26. The van der Waals surface area contributed by atoms with Gasteiger partial charge in [-0.25, -0.2) is 9.67 Å². The van der Waals surface area contributed by atoms with E-state index in [4.69, 9.17) is 4.74 Å². The van der Waals surface area contributed by atoms with Gasteiger partial charge < -0.3 is 15.4 Å². The molecule has 2 aliphatic rings. The van der Waals surface area contributed by atoms with Gasteiger partial charge in [-0.05, 0) is 42.2 Å². The summed E-state index contributed by atoms with van der Waals surface area (Å²) in [5.41, 5.74) is 3.91. The molecule has 0 spiro atoms. The molecule has 10 nitrogen and oxygen atoms in total. The SMILES string of the molecule is O=C(NC1CC1)C(=O)[C@H](Cc1ccc(CN2CCOCC2)cc1)NC(=O)c1cccnc1-n1ccc(-c2ccccc2)n1. The molecule has 6 rings (SSSR count). The van der Waals surface area contributed by atoms with Gasteiger partial charge in [0, 0.05) is 50.1 Å². The van der Waals surface area contributed by atoms with Gasteiger partial charge in [-0.15, -0.1) is 0 Å². The Bertz CT molecular complexity index is 1580. The Labute approximate surface area is 250 Å². The van der Waals surface area contributed by atoms with Crippen LogP contribution in [0.4, 0.5) is 0 Å². The van der Waals surface area contributed by atoms with Crippen LogP contribution in [0.2, 0.25) is 0 Å². The van der Waals surface area contributed by atoms with Crippen molar-refractivity contribution in [2.24, 2.45) is 0 Å². The first-order valence-corrected chi connectivity index (χ1v) is 14.6. The van der Waals surface area contributed by atoms with Crippen molar-refractivity contribution in [1.29, 1.82) is 0 Å². The van der Waals surface area contributed by atoms with Crippen molar-refractivity contribution in [1.82, 2.24) is 30.3 Å². The molecular formula is C33H34N6O4. The summed E-state index contributed by atoms with van der Waals surface area (Å²) in [7, 11) is 0. The molecule has 2 aromatic heterocycles. The molecule has 2 fully saturated rings. The van der Waals surface area contributed by atoms with Gasteiger partial charge in [-0.3, -0.25) is 19.3 Å². The number of rotatable bonds is 11. The third kappa shape index (κ3) is 7.22. The number of aromatic nitrogens is 3. The molecule has 0 radical (unpaired) electrons. The average Bonchev–Trinajstić information content (AvgIpc) is 3.73. The number of nitrogens with zero attached hydrogens (tertiary/aromatic N) is 4. The molecule has 0 bridgehead atoms. The van der Waals surface area contributed by atoms with Crippen LogP contribution < -0.4 is 10.6 Å². The molecule has 220 valence electrons. The molecule has 10 heteroatoms. The number of ether oxygens (including phenoxy) is 1. The van der Waals surface area contributed by atoms with Crippen molar-refractivity contribution < 1.29 is 19.1 Å². The number of nitrogens with one attached hydrogen (secondary N) is 2. The normalized spacial score (nSPS) is 15.9. The number of morpholine rings is 1. The van der Waals surface area contributed by atoms with Gasteiger partial charge in [0.05, 0.1) is 24.5 Å². The van der Waals surface area contributed by atoms with E-state index in [2.05, 4.69) is 25.6 Å². The maximum Gasteiger partial charge on any atom is 0.289 e. The summed E-state index contributed by atoms with van der Waals surface area (Å²) < 4.78 is 6.98. The largest absolute Gasteiger partial charge is 0.379 e. The highest BCUT2D eigenvalue weighted by Crippen LogP contribution is 2.20. The molecule has 43 heavy (non-hydrogen) atoms. The van der Waals surface area contributed by atoms with Gasteiger partial charge in [0.2, 0.25) is 5.78 Å². The minimum absolute atomic E-state index is 0.0239. The van der Waals surface area contributed by atoms with E-state index in [0.29, 0.717) is 5.82 Å². The molecule has 2 N–H and O–H groups in total. The number of hydrogen-bond donors (Lipinski definition) is 2. The lowest BCUT2D eigenvalue weighted by molar-refractivity contribution is -0.139. The zero-order valence-corrected chi connectivity index (χ0v) is 23.8. The van der Waals surface area contributed by atoms with E-state index in [-0.39, 0.29) is 18.0 Å². The van der Waals surface area contributed by atoms with Gasteiger partial charge in [0.15, 0.2) is 5.82 Å². The van der Waals surface area contributed by atoms with Crippen LogP contribution in [0.5, 0.6) is 0 Å². The number of hydrogen-bond acceptors (Lipinski definition) is 7. The minimum Gasteiger partial charge on any atom is -0.379 e. The zero-order chi connectivity index (χ0) is 29.6. The third-order valence-electron chi connectivity index (χ3n) is 7.64. The van der Waals surface area contributed by atoms with Gasteiger partial charge >= 0.3 is 0 Å². The van der Waals surface area contributed by atoms with Gasteiger partial charge in [0.25, 0.3) is 11.8 Å². The second-order valence-electron chi connectivity index (χ2n) is 10.9. The van der Waals surface area contributed by atoms with Gasteiger partial charge in [-0.1, -0.05) is 54.6 Å². The van der Waals surface area contributed by atoms with Crippen molar-refractivity contribution in [3.05, 3.63) is 102 Å². The predicted octanol–water partition coefficient (Wildman–Crippen LogP) is 2.96. The van der Waals surface area contributed by atoms with Crippen molar-refractivity contribution in [3.8, 4) is 17.1 Å². The maximum absolute atomic E-state index is 13.7. The molecule has 1 aliphatic heterocycles. The summed E-state index contributed by atoms with van der Waals surface area (Å²) in [4.78, 5) is 46.5. The molecule has 3 heterocycles. The van der Waals surface area contributed by atoms with Crippen molar-refractivity contribution in [2.45, 2.75) is 37.9 Å². The highest BCUT2D eigenvalue weighted by atomic mass is 16.5. The number of amides is 2. The minimum atomic E-state index is -1.05. The maximum atomic E-state index is 13.7. The summed E-state index contributed by atoms with van der Waals surface area (Å²) >= 11 is 0. The molecule has 0 unspecified atom stereocenters. The second-order valence-corrected chi connectivity index (χ2v) is 10.9. The molecule has 1 aliphatic carbocycles. The summed E-state index contributed by atoms with van der Waals surface area (Å²) in [6, 6.07) is 21.8. The Kier molecular flexibility index (Phi) is 8.67. The Morgan fingerprint density at radius 3 is 2.40 bits per heavy atom. The van der Waals surface area contributed by atoms with Crippen LogP contribution in [0, 0.1) is 0 Å². The van der Waals surface area contributed by atoms with Crippen LogP contribution in [0.15, 0.2) is 85.2 Å². The predicted molar refractivity (Wildman–Crippen MR) is 160 cm³/mol. The fourth-order valence-electron chi connectivity index (χ4n) is 5.08. The summed E-state index contributed by atoms with van der Waals surface area (Å²) in [5, 5.41) is 10.2. The van der Waals surface area contributed by atoms with Crippen LogP contribution in [0.25, 0.3) is 17.1 Å². The van der Waals surface area contributed by atoms with Crippen LogP contribution in [0.3, 0.4) is 0 Å². The Hall–Kier alpha value is -4.67. The number of carbonyl (C=O) groups excluding carboxylic acids is 3. The quantitative estimate of drug-likeness (QED) is 0.263. The average molecular weight is 579 g/mol. The van der Waals surface area contributed by atoms with E-state index in [9.17, 15) is 14.4 Å². The number of benzene rings is 2. The first-order valence-electron chi connectivity index (χ1n) is 14.6. The Balaban J connectivity index is 1.20. The number of ketones is 1. The van der Waals surface area contributed by atoms with Crippen molar-refractivity contribution in [2.75, 3.05) is 26.3 Å². The number of carbonyl (C=O) groups is 3. The molecular weight excluding hydrogens is 544 g/mol. The van der Waals surface area contributed by atoms with Crippen LogP contribution >= 0.6 is 0 Å². The van der Waals surface area contributed by atoms with Gasteiger partial charge in [-0.2, -0.15) is 5.10 Å². The van der Waals surface area contributed by atoms with E-state index in [1.54, 1.807) is 29.2 Å². The van der Waals surface area contributed by atoms with Gasteiger partial charge in [0.1, 0.15) is 6.04 Å². The highest BCUT2D eigenvalue weighted by molar-refractivity contribution is 6.38. The van der Waals surface area contributed by atoms with Crippen LogP contribution in [0.1, 0.15) is 34.3 Å². The Morgan fingerprint density at radius 1 is 0.907 bits per heavy atom. The zero-order valence-electron chi connectivity index (χ0n) is 23.8. The molecule has 2 aromatic carbocycles. The number of pyridine rings is 1. The third-order valence-corrected chi connectivity index (χ3v) is 7.64. The summed E-state index contributed by atoms with van der Waals surface area (Å²) in [6.07, 6.45) is 5.21.